The monoisotopic (exact) mass is 428 g/mol. The summed E-state index contributed by atoms with van der Waals surface area (Å²) in [5.74, 6) is 1.41. The first kappa shape index (κ1) is 16.6. The molecule has 2 N–H and O–H groups in total. The SMILES string of the molecule is COc1ccc(NC(=O)Nc2ccc(OC)cc2Br)c(Br)c1. The Labute approximate surface area is 145 Å². The predicted molar refractivity (Wildman–Crippen MR) is 94.0 cm³/mol. The van der Waals surface area contributed by atoms with Crippen LogP contribution in [0.15, 0.2) is 45.3 Å². The van der Waals surface area contributed by atoms with Gasteiger partial charge in [0, 0.05) is 8.95 Å². The molecular formula is C15H14Br2N2O3. The van der Waals surface area contributed by atoms with E-state index in [1.807, 2.05) is 0 Å². The highest BCUT2D eigenvalue weighted by Crippen LogP contribution is 2.29. The van der Waals surface area contributed by atoms with Gasteiger partial charge in [0.15, 0.2) is 0 Å². The number of urea groups is 1. The second kappa shape index (κ2) is 7.51. The fraction of sp³-hybridized carbons (Fsp3) is 0.133. The number of carbonyl (C=O) groups is 1. The number of rotatable bonds is 4. The van der Waals surface area contributed by atoms with Gasteiger partial charge < -0.3 is 20.1 Å². The van der Waals surface area contributed by atoms with E-state index >= 15 is 0 Å². The number of carbonyl (C=O) groups excluding carboxylic acids is 1. The highest BCUT2D eigenvalue weighted by molar-refractivity contribution is 9.11. The summed E-state index contributed by atoms with van der Waals surface area (Å²) in [6, 6.07) is 10.2. The van der Waals surface area contributed by atoms with Crippen molar-refractivity contribution in [1.82, 2.24) is 0 Å². The Morgan fingerprint density at radius 1 is 0.864 bits per heavy atom. The maximum absolute atomic E-state index is 12.1. The van der Waals surface area contributed by atoms with Crippen LogP contribution in [0.4, 0.5) is 16.2 Å². The Balaban J connectivity index is 2.07. The summed E-state index contributed by atoms with van der Waals surface area (Å²) in [7, 11) is 3.17. The quantitative estimate of drug-likeness (QED) is 0.728. The van der Waals surface area contributed by atoms with Gasteiger partial charge in [0.1, 0.15) is 11.5 Å². The van der Waals surface area contributed by atoms with Crippen LogP contribution in [-0.2, 0) is 0 Å². The molecule has 0 aromatic heterocycles. The van der Waals surface area contributed by atoms with Crippen LogP contribution in [0.2, 0.25) is 0 Å². The van der Waals surface area contributed by atoms with Crippen molar-refractivity contribution in [3.63, 3.8) is 0 Å². The number of hydrogen-bond acceptors (Lipinski definition) is 3. The maximum Gasteiger partial charge on any atom is 0.323 e. The van der Waals surface area contributed by atoms with E-state index in [1.165, 1.54) is 0 Å². The van der Waals surface area contributed by atoms with Gasteiger partial charge in [-0.05, 0) is 68.3 Å². The highest BCUT2D eigenvalue weighted by Gasteiger charge is 2.09. The van der Waals surface area contributed by atoms with Crippen LogP contribution in [0.25, 0.3) is 0 Å². The van der Waals surface area contributed by atoms with E-state index in [0.29, 0.717) is 22.9 Å². The third-order valence-electron chi connectivity index (χ3n) is 2.85. The molecule has 0 fully saturated rings. The molecule has 0 radical (unpaired) electrons. The standard InChI is InChI=1S/C15H14Br2N2O3/c1-21-9-3-5-13(11(16)7-9)18-15(20)19-14-6-4-10(22-2)8-12(14)17/h3-8H,1-2H3,(H2,18,19,20). The van der Waals surface area contributed by atoms with Gasteiger partial charge in [0.2, 0.25) is 0 Å². The largest absolute Gasteiger partial charge is 0.497 e. The van der Waals surface area contributed by atoms with Crippen LogP contribution in [0.3, 0.4) is 0 Å². The molecule has 0 aliphatic rings. The number of anilines is 2. The summed E-state index contributed by atoms with van der Waals surface area (Å²) in [5, 5.41) is 5.52. The third kappa shape index (κ3) is 4.14. The Bertz CT molecular complexity index is 635. The van der Waals surface area contributed by atoms with E-state index < -0.39 is 0 Å². The summed E-state index contributed by atoms with van der Waals surface area (Å²) in [5.41, 5.74) is 1.28. The molecular weight excluding hydrogens is 416 g/mol. The number of amides is 2. The first-order chi connectivity index (χ1) is 10.5. The summed E-state index contributed by atoms with van der Waals surface area (Å²) in [6.45, 7) is 0. The molecule has 0 saturated heterocycles. The minimum Gasteiger partial charge on any atom is -0.497 e. The van der Waals surface area contributed by atoms with E-state index in [2.05, 4.69) is 42.5 Å². The molecule has 0 aliphatic carbocycles. The summed E-state index contributed by atoms with van der Waals surface area (Å²) >= 11 is 6.77. The molecule has 2 amide bonds. The lowest BCUT2D eigenvalue weighted by Gasteiger charge is -2.12. The molecule has 0 unspecified atom stereocenters. The Kier molecular flexibility index (Phi) is 5.68. The molecule has 116 valence electrons. The lowest BCUT2D eigenvalue weighted by molar-refractivity contribution is 0.262. The average molecular weight is 430 g/mol. The van der Waals surface area contributed by atoms with Gasteiger partial charge in [-0.15, -0.1) is 0 Å². The summed E-state index contributed by atoms with van der Waals surface area (Å²) in [6.07, 6.45) is 0. The van der Waals surface area contributed by atoms with Crippen molar-refractivity contribution in [2.24, 2.45) is 0 Å². The highest BCUT2D eigenvalue weighted by atomic mass is 79.9. The Morgan fingerprint density at radius 3 is 1.59 bits per heavy atom. The second-order valence-corrected chi connectivity index (χ2v) is 5.98. The van der Waals surface area contributed by atoms with Crippen molar-refractivity contribution < 1.29 is 14.3 Å². The van der Waals surface area contributed by atoms with E-state index in [4.69, 9.17) is 9.47 Å². The zero-order chi connectivity index (χ0) is 16.1. The van der Waals surface area contributed by atoms with Gasteiger partial charge in [-0.25, -0.2) is 4.79 Å². The lowest BCUT2D eigenvalue weighted by atomic mass is 10.3. The smallest absolute Gasteiger partial charge is 0.323 e. The van der Waals surface area contributed by atoms with Crippen molar-refractivity contribution in [2.45, 2.75) is 0 Å². The first-order valence-corrected chi connectivity index (χ1v) is 7.87. The van der Waals surface area contributed by atoms with Crippen molar-refractivity contribution in [2.75, 3.05) is 24.9 Å². The van der Waals surface area contributed by atoms with Gasteiger partial charge >= 0.3 is 6.03 Å². The number of hydrogen-bond donors (Lipinski definition) is 2. The van der Waals surface area contributed by atoms with Crippen LogP contribution in [-0.4, -0.2) is 20.3 Å². The zero-order valence-electron chi connectivity index (χ0n) is 11.9. The molecule has 0 saturated carbocycles. The molecule has 2 aromatic carbocycles. The Hall–Kier alpha value is -1.73. The van der Waals surface area contributed by atoms with Gasteiger partial charge in [0.25, 0.3) is 0 Å². The number of benzene rings is 2. The minimum absolute atomic E-state index is 0.350. The van der Waals surface area contributed by atoms with Crippen LogP contribution >= 0.6 is 31.9 Å². The molecule has 22 heavy (non-hydrogen) atoms. The predicted octanol–water partition coefficient (Wildman–Crippen LogP) is 4.87. The second-order valence-electron chi connectivity index (χ2n) is 4.27. The molecule has 0 atom stereocenters. The molecule has 0 bridgehead atoms. The third-order valence-corrected chi connectivity index (χ3v) is 4.16. The molecule has 0 heterocycles. The minimum atomic E-state index is -0.350. The van der Waals surface area contributed by atoms with Crippen molar-refractivity contribution in [3.8, 4) is 11.5 Å². The van der Waals surface area contributed by atoms with Crippen molar-refractivity contribution in [1.29, 1.82) is 0 Å². The summed E-state index contributed by atoms with van der Waals surface area (Å²) < 4.78 is 11.7. The summed E-state index contributed by atoms with van der Waals surface area (Å²) in [4.78, 5) is 12.1. The van der Waals surface area contributed by atoms with E-state index in [1.54, 1.807) is 50.6 Å². The van der Waals surface area contributed by atoms with Gasteiger partial charge in [-0.3, -0.25) is 0 Å². The number of halogens is 2. The molecule has 2 aromatic rings. The van der Waals surface area contributed by atoms with Gasteiger partial charge in [0.05, 0.1) is 25.6 Å². The van der Waals surface area contributed by atoms with Crippen LogP contribution < -0.4 is 20.1 Å². The van der Waals surface area contributed by atoms with E-state index in [-0.39, 0.29) is 6.03 Å². The fourth-order valence-electron chi connectivity index (χ4n) is 1.72. The molecule has 2 rings (SSSR count). The van der Waals surface area contributed by atoms with E-state index in [9.17, 15) is 4.79 Å². The van der Waals surface area contributed by atoms with Gasteiger partial charge in [-0.2, -0.15) is 0 Å². The molecule has 0 aliphatic heterocycles. The number of ether oxygens (including phenoxy) is 2. The molecule has 7 heteroatoms. The van der Waals surface area contributed by atoms with Crippen LogP contribution in [0.5, 0.6) is 11.5 Å². The number of methoxy groups -OCH3 is 2. The topological polar surface area (TPSA) is 59.6 Å². The van der Waals surface area contributed by atoms with Gasteiger partial charge in [-0.1, -0.05) is 0 Å². The fourth-order valence-corrected chi connectivity index (χ4v) is 2.64. The van der Waals surface area contributed by atoms with Crippen LogP contribution in [0, 0.1) is 0 Å². The maximum atomic E-state index is 12.1. The molecule has 0 spiro atoms. The lowest BCUT2D eigenvalue weighted by Crippen LogP contribution is -2.19. The Morgan fingerprint density at radius 2 is 1.27 bits per heavy atom. The first-order valence-electron chi connectivity index (χ1n) is 6.28. The zero-order valence-corrected chi connectivity index (χ0v) is 15.1. The molecule has 5 nitrogen and oxygen atoms in total. The van der Waals surface area contributed by atoms with E-state index in [0.717, 1.165) is 8.95 Å². The van der Waals surface area contributed by atoms with Crippen LogP contribution in [0.1, 0.15) is 0 Å². The normalized spacial score (nSPS) is 10.0. The van der Waals surface area contributed by atoms with Crippen molar-refractivity contribution >= 4 is 49.3 Å². The average Bonchev–Trinajstić information content (AvgIpc) is 2.51. The number of nitrogens with one attached hydrogen (secondary N) is 2. The van der Waals surface area contributed by atoms with Crippen molar-refractivity contribution in [3.05, 3.63) is 45.3 Å².